The van der Waals surface area contributed by atoms with Gasteiger partial charge in [-0.05, 0) is 35.7 Å². The van der Waals surface area contributed by atoms with Gasteiger partial charge in [0.15, 0.2) is 0 Å². The maximum absolute atomic E-state index is 4.53. The molecule has 2 aromatic carbocycles. The highest BCUT2D eigenvalue weighted by Crippen LogP contribution is 2.43. The molecule has 0 saturated carbocycles. The first-order valence-corrected chi connectivity index (χ1v) is 6.76. The van der Waals surface area contributed by atoms with Crippen LogP contribution in [0.15, 0.2) is 56.0 Å². The van der Waals surface area contributed by atoms with E-state index in [2.05, 4.69) is 55.6 Å². The lowest BCUT2D eigenvalue weighted by Crippen LogP contribution is -2.00. The molecular weight excluding hydrogens is 252 g/mol. The van der Waals surface area contributed by atoms with Crippen molar-refractivity contribution in [3.63, 3.8) is 0 Å². The topological polar surface area (TPSA) is 0 Å². The molecule has 16 heavy (non-hydrogen) atoms. The number of benzene rings is 2. The van der Waals surface area contributed by atoms with Crippen molar-refractivity contribution in [2.45, 2.75) is 26.0 Å². The van der Waals surface area contributed by atoms with Crippen molar-refractivity contribution in [1.82, 2.24) is 0 Å². The fourth-order valence-corrected chi connectivity index (χ4v) is 3.84. The lowest BCUT2D eigenvalue weighted by molar-refractivity contribution is 0.998. The van der Waals surface area contributed by atoms with Gasteiger partial charge in [-0.25, -0.2) is 0 Å². The zero-order valence-electron chi connectivity index (χ0n) is 8.47. The minimum atomic E-state index is 0.987. The maximum Gasteiger partial charge on any atom is 0.0292 e. The fourth-order valence-electron chi connectivity index (χ4n) is 1.97. The molecule has 0 aromatic heterocycles. The SMILES string of the molecule is Sc1cc(S)c2c(c1)Cc1ccccc1S2. The summed E-state index contributed by atoms with van der Waals surface area (Å²) in [4.78, 5) is 4.64. The monoisotopic (exact) mass is 262 g/mol. The van der Waals surface area contributed by atoms with Crippen LogP contribution in [0.4, 0.5) is 0 Å². The first kappa shape index (κ1) is 10.6. The molecule has 1 aliphatic heterocycles. The number of fused-ring (bicyclic) bond motifs is 2. The van der Waals surface area contributed by atoms with Gasteiger partial charge in [-0.2, -0.15) is 0 Å². The molecule has 1 heterocycles. The Kier molecular flexibility index (Phi) is 2.70. The van der Waals surface area contributed by atoms with Crippen molar-refractivity contribution >= 4 is 37.0 Å². The Morgan fingerprint density at radius 1 is 1.00 bits per heavy atom. The van der Waals surface area contributed by atoms with E-state index in [-0.39, 0.29) is 0 Å². The number of thiol groups is 2. The van der Waals surface area contributed by atoms with Crippen LogP contribution in [0.2, 0.25) is 0 Å². The Morgan fingerprint density at radius 2 is 1.81 bits per heavy atom. The van der Waals surface area contributed by atoms with Gasteiger partial charge in [-0.1, -0.05) is 30.0 Å². The zero-order chi connectivity index (χ0) is 11.1. The van der Waals surface area contributed by atoms with Crippen molar-refractivity contribution in [2.75, 3.05) is 0 Å². The highest BCUT2D eigenvalue weighted by Gasteiger charge is 2.17. The summed E-state index contributed by atoms with van der Waals surface area (Å²) in [6.45, 7) is 0. The van der Waals surface area contributed by atoms with Crippen LogP contribution < -0.4 is 0 Å². The molecule has 2 aromatic rings. The maximum atomic E-state index is 4.53. The minimum absolute atomic E-state index is 0.987. The van der Waals surface area contributed by atoms with Crippen LogP contribution >= 0.6 is 37.0 Å². The molecule has 0 spiro atoms. The summed E-state index contributed by atoms with van der Waals surface area (Å²) in [5.41, 5.74) is 2.73. The van der Waals surface area contributed by atoms with E-state index in [1.165, 1.54) is 20.9 Å². The van der Waals surface area contributed by atoms with Crippen LogP contribution in [0.5, 0.6) is 0 Å². The van der Waals surface area contributed by atoms with E-state index in [1.807, 2.05) is 17.8 Å². The highest BCUT2D eigenvalue weighted by atomic mass is 32.2. The van der Waals surface area contributed by atoms with Gasteiger partial charge in [-0.3, -0.25) is 0 Å². The van der Waals surface area contributed by atoms with Crippen LogP contribution in [0, 0.1) is 0 Å². The average molecular weight is 262 g/mol. The summed E-state index contributed by atoms with van der Waals surface area (Å²) in [7, 11) is 0. The van der Waals surface area contributed by atoms with Crippen LogP contribution in [0.3, 0.4) is 0 Å². The molecule has 1 aliphatic rings. The Bertz CT molecular complexity index is 561. The second kappa shape index (κ2) is 4.06. The Balaban J connectivity index is 2.15. The Morgan fingerprint density at radius 3 is 2.69 bits per heavy atom. The number of hydrogen-bond acceptors (Lipinski definition) is 3. The van der Waals surface area contributed by atoms with Crippen LogP contribution in [0.25, 0.3) is 0 Å². The van der Waals surface area contributed by atoms with E-state index in [0.29, 0.717) is 0 Å². The largest absolute Gasteiger partial charge is 0.143 e. The zero-order valence-corrected chi connectivity index (χ0v) is 11.1. The first-order valence-electron chi connectivity index (χ1n) is 5.04. The third-order valence-corrected chi connectivity index (χ3v) is 4.76. The average Bonchev–Trinajstić information content (AvgIpc) is 2.27. The second-order valence-corrected chi connectivity index (χ2v) is 5.89. The third kappa shape index (κ3) is 1.77. The van der Waals surface area contributed by atoms with E-state index in [9.17, 15) is 0 Å². The van der Waals surface area contributed by atoms with Crippen molar-refractivity contribution in [1.29, 1.82) is 0 Å². The molecule has 3 rings (SSSR count). The molecule has 0 amide bonds. The van der Waals surface area contributed by atoms with Gasteiger partial charge < -0.3 is 0 Å². The third-order valence-electron chi connectivity index (χ3n) is 2.70. The molecule has 0 nitrogen and oxygen atoms in total. The molecule has 80 valence electrons. The van der Waals surface area contributed by atoms with Crippen molar-refractivity contribution in [3.05, 3.63) is 47.5 Å². The van der Waals surface area contributed by atoms with Gasteiger partial charge in [-0.15, -0.1) is 25.3 Å². The summed E-state index contributed by atoms with van der Waals surface area (Å²) in [6.07, 6.45) is 0.987. The van der Waals surface area contributed by atoms with Gasteiger partial charge in [0.05, 0.1) is 0 Å². The summed E-state index contributed by atoms with van der Waals surface area (Å²) >= 11 is 10.7. The molecule has 0 aliphatic carbocycles. The van der Waals surface area contributed by atoms with Crippen LogP contribution in [0.1, 0.15) is 11.1 Å². The lowest BCUT2D eigenvalue weighted by Gasteiger charge is -2.20. The molecule has 0 saturated heterocycles. The summed E-state index contributed by atoms with van der Waals surface area (Å²) in [5, 5.41) is 0. The molecule has 0 unspecified atom stereocenters. The van der Waals surface area contributed by atoms with E-state index >= 15 is 0 Å². The quantitative estimate of drug-likeness (QED) is 0.569. The standard InChI is InChI=1S/C13H10S3/c14-10-6-9-5-8-3-1-2-4-12(8)16-13(9)11(15)7-10/h1-4,6-7,14-15H,5H2. The van der Waals surface area contributed by atoms with E-state index < -0.39 is 0 Å². The van der Waals surface area contributed by atoms with Gasteiger partial charge >= 0.3 is 0 Å². The molecule has 0 fully saturated rings. The summed E-state index contributed by atoms with van der Waals surface area (Å²) in [6, 6.07) is 12.7. The first-order chi connectivity index (χ1) is 7.74. The van der Waals surface area contributed by atoms with Crippen molar-refractivity contribution in [3.8, 4) is 0 Å². The Hall–Kier alpha value is -0.510. The number of hydrogen-bond donors (Lipinski definition) is 2. The predicted molar refractivity (Wildman–Crippen MR) is 74.3 cm³/mol. The molecule has 0 atom stereocenters. The van der Waals surface area contributed by atoms with Crippen molar-refractivity contribution in [2.24, 2.45) is 0 Å². The van der Waals surface area contributed by atoms with Gasteiger partial charge in [0.1, 0.15) is 0 Å². The van der Waals surface area contributed by atoms with Crippen molar-refractivity contribution < 1.29 is 0 Å². The highest BCUT2D eigenvalue weighted by molar-refractivity contribution is 8.00. The van der Waals surface area contributed by atoms with E-state index in [1.54, 1.807) is 0 Å². The molecule has 0 bridgehead atoms. The van der Waals surface area contributed by atoms with E-state index in [0.717, 1.165) is 16.2 Å². The summed E-state index contributed by atoms with van der Waals surface area (Å²) in [5.74, 6) is 0. The lowest BCUT2D eigenvalue weighted by atomic mass is 10.0. The number of rotatable bonds is 0. The molecule has 0 N–H and O–H groups in total. The van der Waals surface area contributed by atoms with Crippen LogP contribution in [-0.4, -0.2) is 0 Å². The van der Waals surface area contributed by atoms with Crippen LogP contribution in [-0.2, 0) is 6.42 Å². The normalized spacial score (nSPS) is 13.1. The van der Waals surface area contributed by atoms with Gasteiger partial charge in [0, 0.05) is 19.6 Å². The Labute approximate surface area is 110 Å². The fraction of sp³-hybridized carbons (Fsp3) is 0.0769. The predicted octanol–water partition coefficient (Wildman–Crippen LogP) is 4.32. The minimum Gasteiger partial charge on any atom is -0.143 e. The summed E-state index contributed by atoms with van der Waals surface area (Å²) < 4.78 is 0. The van der Waals surface area contributed by atoms with E-state index in [4.69, 9.17) is 0 Å². The second-order valence-electron chi connectivity index (χ2n) is 3.84. The smallest absolute Gasteiger partial charge is 0.0292 e. The molecular formula is C13H10S3. The van der Waals surface area contributed by atoms with Gasteiger partial charge in [0.2, 0.25) is 0 Å². The van der Waals surface area contributed by atoms with Gasteiger partial charge in [0.25, 0.3) is 0 Å². The molecule has 0 radical (unpaired) electrons. The molecule has 3 heteroatoms.